The van der Waals surface area contributed by atoms with Gasteiger partial charge in [-0.15, -0.1) is 11.3 Å². The zero-order valence-corrected chi connectivity index (χ0v) is 17.8. The molecule has 2 N–H and O–H groups in total. The molecule has 1 fully saturated rings. The molecule has 2 aromatic rings. The zero-order chi connectivity index (χ0) is 19.0. The van der Waals surface area contributed by atoms with E-state index in [0.717, 1.165) is 11.7 Å². The van der Waals surface area contributed by atoms with Gasteiger partial charge in [-0.1, -0.05) is 31.2 Å². The fraction of sp³-hybridized carbons (Fsp3) is 0.550. The molecule has 144 valence electrons. The Morgan fingerprint density at radius 2 is 1.92 bits per heavy atom. The molecule has 1 aliphatic carbocycles. The first-order chi connectivity index (χ1) is 12.4. The van der Waals surface area contributed by atoms with Crippen LogP contribution in [0.3, 0.4) is 0 Å². The van der Waals surface area contributed by atoms with Gasteiger partial charge in [-0.2, -0.15) is 0 Å². The lowest BCUT2D eigenvalue weighted by Crippen LogP contribution is -2.29. The second-order valence-corrected chi connectivity index (χ2v) is 10.0. The average molecular weight is 396 g/mol. The minimum absolute atomic E-state index is 0.237. The molecule has 1 aromatic carbocycles. The number of nitrogens with zero attached hydrogens (tertiary/aromatic N) is 1. The van der Waals surface area contributed by atoms with Crippen LogP contribution in [-0.2, 0) is 0 Å². The third kappa shape index (κ3) is 7.25. The molecule has 0 unspecified atom stereocenters. The molecule has 1 aliphatic rings. The van der Waals surface area contributed by atoms with E-state index in [4.69, 9.17) is 0 Å². The zero-order valence-electron chi connectivity index (χ0n) is 16.1. The van der Waals surface area contributed by atoms with E-state index >= 15 is 0 Å². The maximum absolute atomic E-state index is 13.4. The molecule has 1 saturated carbocycles. The summed E-state index contributed by atoms with van der Waals surface area (Å²) in [4.78, 5) is 4.07. The van der Waals surface area contributed by atoms with E-state index in [0.29, 0.717) is 15.3 Å². The van der Waals surface area contributed by atoms with Gasteiger partial charge in [-0.3, -0.25) is 4.72 Å². The lowest BCUT2D eigenvalue weighted by atomic mass is 9.96. The molecule has 0 radical (unpaired) electrons. The highest BCUT2D eigenvalue weighted by atomic mass is 32.2. The van der Waals surface area contributed by atoms with E-state index in [1.165, 1.54) is 49.5 Å². The molecule has 6 heteroatoms. The third-order valence-corrected chi connectivity index (χ3v) is 5.92. The van der Waals surface area contributed by atoms with Crippen LogP contribution in [0.2, 0.25) is 0 Å². The fourth-order valence-electron chi connectivity index (χ4n) is 2.68. The monoisotopic (exact) mass is 395 g/mol. The summed E-state index contributed by atoms with van der Waals surface area (Å²) in [5, 5.41) is 5.51. The highest BCUT2D eigenvalue weighted by Gasteiger charge is 2.17. The number of nitrogens with one attached hydrogen (secondary N) is 2. The highest BCUT2D eigenvalue weighted by Crippen LogP contribution is 2.27. The first-order valence-corrected chi connectivity index (χ1v) is 10.9. The molecule has 0 spiro atoms. The van der Waals surface area contributed by atoms with Crippen molar-refractivity contribution in [1.82, 2.24) is 9.71 Å². The number of hydrogen-bond donors (Lipinski definition) is 2. The standard InChI is InChI=1S/C10H9FN2S.C10H21NS/c1-12-7-2-3-9(11)8(6-7)10-13-4-5-14-10;1-10(2,3)12-11-9-7-5-4-6-8-9/h2-6,12H,1H3;9,11H,4-8H2,1-3H3. The van der Waals surface area contributed by atoms with Crippen molar-refractivity contribution in [1.29, 1.82) is 0 Å². The summed E-state index contributed by atoms with van der Waals surface area (Å²) in [5.41, 5.74) is 1.43. The molecule has 1 heterocycles. The van der Waals surface area contributed by atoms with Crippen molar-refractivity contribution >= 4 is 29.0 Å². The van der Waals surface area contributed by atoms with Crippen LogP contribution in [0.15, 0.2) is 29.8 Å². The Morgan fingerprint density at radius 1 is 1.19 bits per heavy atom. The lowest BCUT2D eigenvalue weighted by molar-refractivity contribution is 0.422. The summed E-state index contributed by atoms with van der Waals surface area (Å²) >= 11 is 3.32. The summed E-state index contributed by atoms with van der Waals surface area (Å²) in [6.07, 6.45) is 8.71. The van der Waals surface area contributed by atoms with Crippen LogP contribution in [0.4, 0.5) is 10.1 Å². The topological polar surface area (TPSA) is 37.0 Å². The first kappa shape index (κ1) is 21.2. The SMILES string of the molecule is CC(C)(C)SNC1CCCCC1.CNc1ccc(F)c(-c2nccs2)c1. The maximum atomic E-state index is 13.4. The van der Waals surface area contributed by atoms with Crippen LogP contribution >= 0.6 is 23.3 Å². The number of hydrogen-bond acceptors (Lipinski definition) is 5. The second-order valence-electron chi connectivity index (χ2n) is 7.45. The minimum Gasteiger partial charge on any atom is -0.388 e. The quantitative estimate of drug-likeness (QED) is 0.592. The van der Waals surface area contributed by atoms with Crippen molar-refractivity contribution in [3.63, 3.8) is 0 Å². The van der Waals surface area contributed by atoms with E-state index in [1.807, 2.05) is 17.3 Å². The van der Waals surface area contributed by atoms with Crippen molar-refractivity contribution in [3.8, 4) is 10.6 Å². The van der Waals surface area contributed by atoms with Crippen LogP contribution in [0.5, 0.6) is 0 Å². The van der Waals surface area contributed by atoms with Crippen molar-refractivity contribution in [2.24, 2.45) is 0 Å². The second kappa shape index (κ2) is 10.3. The van der Waals surface area contributed by atoms with Crippen LogP contribution in [-0.4, -0.2) is 22.8 Å². The van der Waals surface area contributed by atoms with Gasteiger partial charge in [-0.25, -0.2) is 9.37 Å². The molecule has 0 amide bonds. The number of benzene rings is 1. The smallest absolute Gasteiger partial charge is 0.133 e. The Hall–Kier alpha value is -1.11. The van der Waals surface area contributed by atoms with Crippen molar-refractivity contribution in [3.05, 3.63) is 35.6 Å². The molecule has 0 atom stereocenters. The van der Waals surface area contributed by atoms with E-state index < -0.39 is 0 Å². The van der Waals surface area contributed by atoms with Gasteiger partial charge in [0.15, 0.2) is 0 Å². The van der Waals surface area contributed by atoms with Crippen LogP contribution < -0.4 is 10.0 Å². The van der Waals surface area contributed by atoms with Crippen molar-refractivity contribution in [2.75, 3.05) is 12.4 Å². The molecule has 0 saturated heterocycles. The fourth-order valence-corrected chi connectivity index (χ4v) is 4.09. The molecule has 3 nitrogen and oxygen atoms in total. The van der Waals surface area contributed by atoms with Crippen molar-refractivity contribution < 1.29 is 4.39 Å². The minimum atomic E-state index is -0.237. The summed E-state index contributed by atoms with van der Waals surface area (Å²) in [6.45, 7) is 6.77. The summed E-state index contributed by atoms with van der Waals surface area (Å²) in [6, 6.07) is 5.69. The Bertz CT molecular complexity index is 648. The van der Waals surface area contributed by atoms with E-state index in [9.17, 15) is 4.39 Å². The Kier molecular flexibility index (Phi) is 8.38. The normalized spacial score (nSPS) is 15.3. The van der Waals surface area contributed by atoms with Gasteiger partial charge >= 0.3 is 0 Å². The molecule has 3 rings (SSSR count). The Morgan fingerprint density at radius 3 is 2.50 bits per heavy atom. The van der Waals surface area contributed by atoms with E-state index in [-0.39, 0.29) is 5.82 Å². The molecule has 0 bridgehead atoms. The number of anilines is 1. The summed E-state index contributed by atoms with van der Waals surface area (Å²) < 4.78 is 17.3. The van der Waals surface area contributed by atoms with Crippen LogP contribution in [0.25, 0.3) is 10.6 Å². The van der Waals surface area contributed by atoms with Crippen LogP contribution in [0, 0.1) is 5.82 Å². The lowest BCUT2D eigenvalue weighted by Gasteiger charge is -2.26. The number of halogens is 1. The Labute approximate surface area is 165 Å². The summed E-state index contributed by atoms with van der Waals surface area (Å²) in [7, 11) is 1.80. The Balaban J connectivity index is 0.000000190. The van der Waals surface area contributed by atoms with E-state index in [1.54, 1.807) is 25.4 Å². The number of aromatic nitrogens is 1. The molecule has 26 heavy (non-hydrogen) atoms. The maximum Gasteiger partial charge on any atom is 0.133 e. The van der Waals surface area contributed by atoms with Gasteiger partial charge < -0.3 is 5.32 Å². The van der Waals surface area contributed by atoms with Gasteiger partial charge in [0, 0.05) is 40.7 Å². The highest BCUT2D eigenvalue weighted by molar-refractivity contribution is 7.98. The third-order valence-electron chi connectivity index (χ3n) is 4.05. The molecular weight excluding hydrogens is 365 g/mol. The van der Waals surface area contributed by atoms with E-state index in [2.05, 4.69) is 35.8 Å². The molecular formula is C20H30FN3S2. The van der Waals surface area contributed by atoms with Gasteiger partial charge in [0.25, 0.3) is 0 Å². The molecule has 1 aromatic heterocycles. The molecule has 0 aliphatic heterocycles. The van der Waals surface area contributed by atoms with Gasteiger partial charge in [0.1, 0.15) is 10.8 Å². The number of thiazole rings is 1. The average Bonchev–Trinajstić information content (AvgIpc) is 3.16. The summed E-state index contributed by atoms with van der Waals surface area (Å²) in [5.74, 6) is -0.237. The predicted octanol–water partition coefficient (Wildman–Crippen LogP) is 6.35. The number of rotatable bonds is 4. The predicted molar refractivity (Wildman–Crippen MR) is 114 cm³/mol. The first-order valence-electron chi connectivity index (χ1n) is 9.20. The van der Waals surface area contributed by atoms with Crippen molar-refractivity contribution in [2.45, 2.75) is 63.7 Å². The van der Waals surface area contributed by atoms with Gasteiger partial charge in [0.05, 0.1) is 0 Å². The largest absolute Gasteiger partial charge is 0.388 e. The van der Waals surface area contributed by atoms with Crippen LogP contribution in [0.1, 0.15) is 52.9 Å². The van der Waals surface area contributed by atoms with Gasteiger partial charge in [-0.05, 0) is 51.8 Å². The van der Waals surface area contributed by atoms with Gasteiger partial charge in [0.2, 0.25) is 0 Å².